The second-order valence-electron chi connectivity index (χ2n) is 8.50. The first-order valence-corrected chi connectivity index (χ1v) is 11.8. The van der Waals surface area contributed by atoms with Crippen molar-refractivity contribution in [1.82, 2.24) is 9.47 Å². The van der Waals surface area contributed by atoms with Crippen LogP contribution in [0, 0.1) is 5.82 Å². The normalized spacial score (nSPS) is 23.2. The van der Waals surface area contributed by atoms with Gasteiger partial charge in [0.05, 0.1) is 17.5 Å². The van der Waals surface area contributed by atoms with Crippen LogP contribution in [0.4, 0.5) is 10.1 Å². The van der Waals surface area contributed by atoms with E-state index in [1.807, 2.05) is 4.57 Å². The largest absolute Gasteiger partial charge is 0.477 e. The Bertz CT molecular complexity index is 1210. The molecule has 3 heterocycles. The molecule has 168 valence electrons. The van der Waals surface area contributed by atoms with Gasteiger partial charge in [-0.3, -0.25) is 14.2 Å². The van der Waals surface area contributed by atoms with Gasteiger partial charge in [0, 0.05) is 42.8 Å². The lowest BCUT2D eigenvalue weighted by atomic mass is 10.1. The average molecular weight is 453 g/mol. The molecule has 1 aliphatic carbocycles. The zero-order chi connectivity index (χ0) is 22.7. The lowest BCUT2D eigenvalue weighted by Gasteiger charge is -2.34. The van der Waals surface area contributed by atoms with E-state index in [9.17, 15) is 27.5 Å². The second kappa shape index (κ2) is 7.57. The molecule has 0 amide bonds. The van der Waals surface area contributed by atoms with Crippen molar-refractivity contribution in [2.75, 3.05) is 31.3 Å². The van der Waals surface area contributed by atoms with Crippen LogP contribution in [0.2, 0.25) is 0 Å². The number of aromatic carboxylic acids is 1. The zero-order valence-corrected chi connectivity index (χ0v) is 18.0. The summed E-state index contributed by atoms with van der Waals surface area (Å²) in [5, 5.41) is 9.48. The molecule has 2 N–H and O–H groups in total. The van der Waals surface area contributed by atoms with Crippen molar-refractivity contribution >= 4 is 32.7 Å². The van der Waals surface area contributed by atoms with Crippen LogP contribution in [0.3, 0.4) is 0 Å². The van der Waals surface area contributed by atoms with Gasteiger partial charge in [-0.15, -0.1) is 0 Å². The number of nitrogens with zero attached hydrogens (tertiary/aromatic N) is 3. The van der Waals surface area contributed by atoms with Crippen molar-refractivity contribution in [3.63, 3.8) is 0 Å². The van der Waals surface area contributed by atoms with E-state index in [0.717, 1.165) is 32.4 Å². The molecule has 2 atom stereocenters. The number of fused-ring (bicyclic) bond motifs is 3. The average Bonchev–Trinajstić information content (AvgIpc) is 3.32. The molecule has 31 heavy (non-hydrogen) atoms. The number of carboxylic acid groups (broad SMARTS) is 1. The van der Waals surface area contributed by atoms with Crippen molar-refractivity contribution in [2.45, 2.75) is 37.4 Å². The number of halogens is 1. The summed E-state index contributed by atoms with van der Waals surface area (Å²) in [5.41, 5.74) is 0.251. The Morgan fingerprint density at radius 2 is 1.81 bits per heavy atom. The van der Waals surface area contributed by atoms with Crippen LogP contribution in [-0.2, 0) is 10.1 Å². The first kappa shape index (κ1) is 21.7. The Balaban J connectivity index is 0.000000418. The summed E-state index contributed by atoms with van der Waals surface area (Å²) in [5.74, 6) is -1.72. The Morgan fingerprint density at radius 3 is 2.29 bits per heavy atom. The number of aromatic nitrogens is 1. The van der Waals surface area contributed by atoms with E-state index in [1.54, 1.807) is 6.07 Å². The van der Waals surface area contributed by atoms with Crippen LogP contribution in [-0.4, -0.2) is 72.0 Å². The molecule has 2 bridgehead atoms. The molecule has 1 saturated carbocycles. The summed E-state index contributed by atoms with van der Waals surface area (Å²) in [7, 11) is -1.57. The maximum atomic E-state index is 14.9. The van der Waals surface area contributed by atoms with Crippen LogP contribution >= 0.6 is 0 Å². The predicted molar refractivity (Wildman–Crippen MR) is 113 cm³/mol. The summed E-state index contributed by atoms with van der Waals surface area (Å²) in [6.07, 6.45) is 5.07. The second-order valence-corrected chi connectivity index (χ2v) is 9.97. The van der Waals surface area contributed by atoms with Gasteiger partial charge in [0.15, 0.2) is 0 Å². The van der Waals surface area contributed by atoms with E-state index in [-0.39, 0.29) is 23.0 Å². The molecular weight excluding hydrogens is 429 g/mol. The number of likely N-dealkylation sites (N-methyl/N-ethyl adjacent to an activating group) is 1. The molecule has 1 aromatic heterocycles. The number of pyridine rings is 1. The third kappa shape index (κ3) is 4.30. The van der Waals surface area contributed by atoms with Crippen LogP contribution in [0.1, 0.15) is 35.7 Å². The quantitative estimate of drug-likeness (QED) is 0.672. The van der Waals surface area contributed by atoms with Gasteiger partial charge in [-0.25, -0.2) is 9.18 Å². The fourth-order valence-electron chi connectivity index (χ4n) is 4.55. The molecule has 2 aliphatic heterocycles. The minimum atomic E-state index is -3.67. The van der Waals surface area contributed by atoms with E-state index in [4.69, 9.17) is 4.55 Å². The van der Waals surface area contributed by atoms with Crippen molar-refractivity contribution in [2.24, 2.45) is 0 Å². The molecule has 2 saturated heterocycles. The number of rotatable bonds is 3. The van der Waals surface area contributed by atoms with Crippen LogP contribution < -0.4 is 10.3 Å². The molecule has 1 aromatic carbocycles. The lowest BCUT2D eigenvalue weighted by Crippen LogP contribution is -2.44. The molecule has 9 nitrogen and oxygen atoms in total. The van der Waals surface area contributed by atoms with Crippen molar-refractivity contribution < 1.29 is 27.3 Å². The van der Waals surface area contributed by atoms with E-state index < -0.39 is 27.3 Å². The summed E-state index contributed by atoms with van der Waals surface area (Å²) in [6.45, 7) is 1.69. The fraction of sp³-hybridized carbons (Fsp3) is 0.500. The number of anilines is 1. The maximum absolute atomic E-state index is 14.9. The molecule has 11 heteroatoms. The van der Waals surface area contributed by atoms with Gasteiger partial charge in [0.2, 0.25) is 5.43 Å². The number of hydrogen-bond donors (Lipinski definition) is 2. The predicted octanol–water partition coefficient (Wildman–Crippen LogP) is 1.57. The summed E-state index contributed by atoms with van der Waals surface area (Å²) in [6, 6.07) is 3.90. The fourth-order valence-corrected chi connectivity index (χ4v) is 4.55. The summed E-state index contributed by atoms with van der Waals surface area (Å²) in [4.78, 5) is 28.4. The van der Waals surface area contributed by atoms with Gasteiger partial charge >= 0.3 is 5.97 Å². The zero-order valence-electron chi connectivity index (χ0n) is 17.2. The van der Waals surface area contributed by atoms with Crippen molar-refractivity contribution in [3.8, 4) is 0 Å². The minimum Gasteiger partial charge on any atom is -0.477 e. The van der Waals surface area contributed by atoms with Gasteiger partial charge in [-0.05, 0) is 38.4 Å². The Kier molecular flexibility index (Phi) is 5.31. The van der Waals surface area contributed by atoms with Gasteiger partial charge in [-0.2, -0.15) is 8.42 Å². The van der Waals surface area contributed by atoms with E-state index in [0.29, 0.717) is 23.5 Å². The highest BCUT2D eigenvalue weighted by Gasteiger charge is 2.42. The highest BCUT2D eigenvalue weighted by Crippen LogP contribution is 2.40. The maximum Gasteiger partial charge on any atom is 0.341 e. The molecule has 3 fully saturated rings. The smallest absolute Gasteiger partial charge is 0.341 e. The Morgan fingerprint density at radius 1 is 1.16 bits per heavy atom. The van der Waals surface area contributed by atoms with Gasteiger partial charge < -0.3 is 14.6 Å². The first-order chi connectivity index (χ1) is 14.4. The van der Waals surface area contributed by atoms with Crippen LogP contribution in [0.25, 0.3) is 10.9 Å². The SMILES string of the molecule is CN1CC2CC1CN2c1cc2c(cc1F)c(=O)c(C(=O)O)cn2C1CC1.CS(=O)(=O)O. The number of carbonyl (C=O) groups is 1. The number of piperazine rings is 1. The lowest BCUT2D eigenvalue weighted by molar-refractivity contribution is 0.0694. The highest BCUT2D eigenvalue weighted by atomic mass is 32.2. The first-order valence-electron chi connectivity index (χ1n) is 9.95. The molecule has 2 unspecified atom stereocenters. The van der Waals surface area contributed by atoms with Crippen molar-refractivity contribution in [1.29, 1.82) is 0 Å². The minimum absolute atomic E-state index is 0.152. The number of benzene rings is 1. The molecule has 5 rings (SSSR count). The number of carboxylic acids is 1. The van der Waals surface area contributed by atoms with Crippen molar-refractivity contribution in [3.05, 3.63) is 39.9 Å². The van der Waals surface area contributed by atoms with E-state index in [2.05, 4.69) is 16.8 Å². The van der Waals surface area contributed by atoms with Crippen LogP contribution in [0.15, 0.2) is 23.1 Å². The Labute approximate surface area is 178 Å². The third-order valence-corrected chi connectivity index (χ3v) is 6.10. The van der Waals surface area contributed by atoms with Crippen LogP contribution in [0.5, 0.6) is 0 Å². The van der Waals surface area contributed by atoms with E-state index in [1.165, 1.54) is 12.3 Å². The highest BCUT2D eigenvalue weighted by molar-refractivity contribution is 7.85. The van der Waals surface area contributed by atoms with Gasteiger partial charge in [0.1, 0.15) is 11.4 Å². The topological polar surface area (TPSA) is 120 Å². The monoisotopic (exact) mass is 453 g/mol. The summed E-state index contributed by atoms with van der Waals surface area (Å²) < 4.78 is 42.6. The molecule has 0 spiro atoms. The molecular formula is C20H24FN3O6S. The van der Waals surface area contributed by atoms with Gasteiger partial charge in [-0.1, -0.05) is 0 Å². The molecule has 2 aromatic rings. The standard InChI is InChI=1S/C19H20FN3O3.CH4O3S/c1-21-7-12-4-11(21)8-22(12)17-6-16-13(5-15(17)20)18(24)14(19(25)26)9-23(16)10-2-3-10;1-5(2,3)4/h5-6,9-12H,2-4,7-8H2,1H3,(H,25,26);1H3,(H,2,3,4). The van der Waals surface area contributed by atoms with Gasteiger partial charge in [0.25, 0.3) is 10.1 Å². The molecule has 0 radical (unpaired) electrons. The van der Waals surface area contributed by atoms with E-state index >= 15 is 0 Å². The summed E-state index contributed by atoms with van der Waals surface area (Å²) >= 11 is 0. The Hall–Kier alpha value is -2.50. The number of likely N-dealkylation sites (tertiary alicyclic amines) is 1. The number of hydrogen-bond acceptors (Lipinski definition) is 6. The third-order valence-electron chi connectivity index (χ3n) is 6.10. The molecule has 3 aliphatic rings.